The van der Waals surface area contributed by atoms with E-state index < -0.39 is 0 Å². The van der Waals surface area contributed by atoms with E-state index in [4.69, 9.17) is 21.6 Å². The third-order valence-electron chi connectivity index (χ3n) is 5.59. The zero-order valence-corrected chi connectivity index (χ0v) is 17.9. The number of hydrogen-bond donors (Lipinski definition) is 2. The molecule has 2 aliphatic rings. The van der Waals surface area contributed by atoms with Crippen LogP contribution in [0, 0.1) is 0 Å². The van der Waals surface area contributed by atoms with Gasteiger partial charge in [0.15, 0.2) is 0 Å². The van der Waals surface area contributed by atoms with Crippen LogP contribution in [0.3, 0.4) is 0 Å². The van der Waals surface area contributed by atoms with Crippen molar-refractivity contribution in [2.24, 2.45) is 0 Å². The summed E-state index contributed by atoms with van der Waals surface area (Å²) in [7, 11) is 0. The van der Waals surface area contributed by atoms with Gasteiger partial charge in [0.05, 0.1) is 22.8 Å². The highest BCUT2D eigenvalue weighted by Gasteiger charge is 2.07. The first-order chi connectivity index (χ1) is 15.7. The van der Waals surface area contributed by atoms with Crippen LogP contribution >= 0.6 is 11.6 Å². The molecule has 0 saturated heterocycles. The first-order valence-corrected chi connectivity index (χ1v) is 11.0. The van der Waals surface area contributed by atoms with Crippen LogP contribution in [-0.4, -0.2) is 19.9 Å². The van der Waals surface area contributed by atoms with E-state index in [1.165, 1.54) is 0 Å². The molecular formula is C27H19ClN4. The van der Waals surface area contributed by atoms with E-state index >= 15 is 0 Å². The van der Waals surface area contributed by atoms with E-state index in [-0.39, 0.29) is 0 Å². The van der Waals surface area contributed by atoms with E-state index in [9.17, 15) is 0 Å². The lowest BCUT2D eigenvalue weighted by molar-refractivity contribution is 1.31. The molecule has 3 aromatic heterocycles. The van der Waals surface area contributed by atoms with Crippen LogP contribution < -0.4 is 0 Å². The molecule has 2 aliphatic heterocycles. The van der Waals surface area contributed by atoms with Crippen LogP contribution in [-0.2, 0) is 5.88 Å². The highest BCUT2D eigenvalue weighted by Crippen LogP contribution is 2.28. The summed E-state index contributed by atoms with van der Waals surface area (Å²) in [5.74, 6) is 0.506. The fourth-order valence-electron chi connectivity index (χ4n) is 4.03. The summed E-state index contributed by atoms with van der Waals surface area (Å²) in [6, 6.07) is 22.9. The minimum Gasteiger partial charge on any atom is -0.355 e. The Kier molecular flexibility index (Phi) is 4.51. The van der Waals surface area contributed by atoms with Crippen LogP contribution in [0.1, 0.15) is 28.3 Å². The molecule has 0 atom stereocenters. The molecule has 0 spiro atoms. The number of halogens is 1. The van der Waals surface area contributed by atoms with Crippen LogP contribution in [0.4, 0.5) is 0 Å². The van der Waals surface area contributed by atoms with Gasteiger partial charge in [0.25, 0.3) is 0 Å². The van der Waals surface area contributed by atoms with Gasteiger partial charge in [0.2, 0.25) is 0 Å². The first kappa shape index (κ1) is 18.8. The second-order valence-electron chi connectivity index (χ2n) is 7.92. The van der Waals surface area contributed by atoms with Crippen molar-refractivity contribution in [3.05, 3.63) is 95.1 Å². The lowest BCUT2D eigenvalue weighted by atomic mass is 10.1. The zero-order valence-electron chi connectivity index (χ0n) is 17.1. The number of nitrogens with one attached hydrogen (secondary N) is 2. The molecule has 1 aromatic carbocycles. The Morgan fingerprint density at radius 3 is 1.75 bits per heavy atom. The second-order valence-corrected chi connectivity index (χ2v) is 8.19. The Bertz CT molecular complexity index is 1550. The van der Waals surface area contributed by atoms with Gasteiger partial charge in [-0.2, -0.15) is 0 Å². The number of aromatic nitrogens is 4. The lowest BCUT2D eigenvalue weighted by Gasteiger charge is -2.00. The minimum atomic E-state index is 0.506. The van der Waals surface area contributed by atoms with Crippen molar-refractivity contribution in [2.45, 2.75) is 5.88 Å². The van der Waals surface area contributed by atoms with Gasteiger partial charge in [0.1, 0.15) is 0 Å². The molecule has 4 aromatic rings. The summed E-state index contributed by atoms with van der Waals surface area (Å²) in [6.45, 7) is 0. The van der Waals surface area contributed by atoms with Gasteiger partial charge >= 0.3 is 0 Å². The number of fused-ring (bicyclic) bond motifs is 8. The molecule has 0 amide bonds. The van der Waals surface area contributed by atoms with Crippen LogP contribution in [0.15, 0.2) is 66.7 Å². The van der Waals surface area contributed by atoms with Crippen LogP contribution in [0.2, 0.25) is 0 Å². The molecule has 0 aliphatic carbocycles. The minimum absolute atomic E-state index is 0.506. The first-order valence-electron chi connectivity index (χ1n) is 10.5. The van der Waals surface area contributed by atoms with Gasteiger partial charge in [-0.05, 0) is 77.9 Å². The fraction of sp³-hybridized carbons (Fsp3) is 0.0370. The molecule has 0 fully saturated rings. The summed E-state index contributed by atoms with van der Waals surface area (Å²) in [5, 5.41) is 0. The molecule has 8 bridgehead atoms. The number of aromatic amines is 2. The number of H-pyrrole nitrogens is 2. The Morgan fingerprint density at radius 1 is 0.594 bits per heavy atom. The van der Waals surface area contributed by atoms with Crippen molar-refractivity contribution in [1.82, 2.24) is 19.9 Å². The van der Waals surface area contributed by atoms with Gasteiger partial charge < -0.3 is 9.97 Å². The molecule has 0 unspecified atom stereocenters. The van der Waals surface area contributed by atoms with Crippen molar-refractivity contribution < 1.29 is 0 Å². The lowest BCUT2D eigenvalue weighted by Crippen LogP contribution is -1.80. The van der Waals surface area contributed by atoms with Crippen molar-refractivity contribution in [3.8, 4) is 11.1 Å². The maximum atomic E-state index is 5.98. The van der Waals surface area contributed by atoms with E-state index in [1.54, 1.807) is 0 Å². The predicted molar refractivity (Wildman–Crippen MR) is 134 cm³/mol. The second kappa shape index (κ2) is 7.66. The van der Waals surface area contributed by atoms with Crippen molar-refractivity contribution >= 4 is 58.0 Å². The van der Waals surface area contributed by atoms with Gasteiger partial charge in [-0.15, -0.1) is 11.6 Å². The third-order valence-corrected chi connectivity index (χ3v) is 5.90. The zero-order chi connectivity index (χ0) is 21.5. The van der Waals surface area contributed by atoms with Crippen LogP contribution in [0.5, 0.6) is 0 Å². The highest BCUT2D eigenvalue weighted by molar-refractivity contribution is 6.17. The topological polar surface area (TPSA) is 57.4 Å². The van der Waals surface area contributed by atoms with Crippen molar-refractivity contribution in [3.63, 3.8) is 0 Å². The van der Waals surface area contributed by atoms with Gasteiger partial charge in [0, 0.05) is 33.5 Å². The largest absolute Gasteiger partial charge is 0.355 e. The number of benzene rings is 1. The Balaban J connectivity index is 1.64. The maximum absolute atomic E-state index is 5.98. The molecule has 0 saturated carbocycles. The Morgan fingerprint density at radius 2 is 1.16 bits per heavy atom. The van der Waals surface area contributed by atoms with Crippen molar-refractivity contribution in [2.75, 3.05) is 0 Å². The third kappa shape index (κ3) is 3.66. The van der Waals surface area contributed by atoms with Crippen molar-refractivity contribution in [1.29, 1.82) is 0 Å². The summed E-state index contributed by atoms with van der Waals surface area (Å²) in [4.78, 5) is 16.5. The van der Waals surface area contributed by atoms with Gasteiger partial charge in [-0.25, -0.2) is 9.97 Å². The highest BCUT2D eigenvalue weighted by atomic mass is 35.5. The van der Waals surface area contributed by atoms with Gasteiger partial charge in [-0.3, -0.25) is 0 Å². The maximum Gasteiger partial charge on any atom is 0.0658 e. The average Bonchev–Trinajstić information content (AvgIpc) is 3.59. The predicted octanol–water partition coefficient (Wildman–Crippen LogP) is 7.06. The van der Waals surface area contributed by atoms with E-state index in [1.807, 2.05) is 36.4 Å². The molecule has 2 N–H and O–H groups in total. The number of rotatable bonds is 2. The Hall–Kier alpha value is -3.89. The normalized spacial score (nSPS) is 12.4. The molecule has 6 rings (SSSR count). The van der Waals surface area contributed by atoms with E-state index in [0.29, 0.717) is 5.88 Å². The average molecular weight is 435 g/mol. The smallest absolute Gasteiger partial charge is 0.0658 e. The fourth-order valence-corrected chi connectivity index (χ4v) is 4.21. The molecule has 5 heteroatoms. The molecule has 32 heavy (non-hydrogen) atoms. The van der Waals surface area contributed by atoms with E-state index in [0.717, 1.165) is 61.5 Å². The summed E-state index contributed by atoms with van der Waals surface area (Å²) >= 11 is 5.98. The van der Waals surface area contributed by atoms with Crippen LogP contribution in [0.25, 0.3) is 57.5 Å². The quantitative estimate of drug-likeness (QED) is 0.286. The molecule has 0 radical (unpaired) electrons. The monoisotopic (exact) mass is 434 g/mol. The number of hydrogen-bond acceptors (Lipinski definition) is 2. The molecule has 154 valence electrons. The SMILES string of the molecule is ClCc1ccc(-c2cc3cc4nc(cc5ccc(cc6nc(cc2[nH]3)C=C6)[nH]5)C=C4)cc1. The molecule has 5 heterocycles. The summed E-state index contributed by atoms with van der Waals surface area (Å²) < 4.78 is 0. The standard InChI is InChI=1S/C27H19ClN4/c28-16-17-1-3-18(4-2-17)26-14-25-13-23-8-7-21(30-23)11-19-5-6-20(29-19)12-22-9-10-24(31-22)15-27(26)32-25/h1-15,29,32H,16H2. The summed E-state index contributed by atoms with van der Waals surface area (Å²) in [5.41, 5.74) is 11.0. The number of nitrogens with zero attached hydrogens (tertiary/aromatic N) is 2. The summed E-state index contributed by atoms with van der Waals surface area (Å²) in [6.07, 6.45) is 8.13. The molecular weight excluding hydrogens is 416 g/mol. The number of alkyl halides is 1. The van der Waals surface area contributed by atoms with E-state index in [2.05, 4.69) is 64.6 Å². The Labute approximate surface area is 190 Å². The van der Waals surface area contributed by atoms with Gasteiger partial charge in [-0.1, -0.05) is 24.3 Å². The molecule has 4 nitrogen and oxygen atoms in total.